The Bertz CT molecular complexity index is 644. The number of benzene rings is 2. The lowest BCUT2D eigenvalue weighted by Gasteiger charge is -2.19. The molecule has 0 aliphatic rings. The molecule has 0 saturated carbocycles. The third-order valence-electron chi connectivity index (χ3n) is 3.15. The van der Waals surface area contributed by atoms with E-state index in [0.29, 0.717) is 27.1 Å². The van der Waals surface area contributed by atoms with Crippen molar-refractivity contribution in [2.45, 2.75) is 6.04 Å². The molecule has 0 saturated heterocycles. The van der Waals surface area contributed by atoms with Gasteiger partial charge in [0, 0.05) is 20.1 Å². The van der Waals surface area contributed by atoms with E-state index in [-0.39, 0.29) is 0 Å². The minimum absolute atomic E-state index is 0.486. The summed E-state index contributed by atoms with van der Waals surface area (Å²) in [5.41, 5.74) is 7.82. The summed E-state index contributed by atoms with van der Waals surface area (Å²) >= 11 is 15.9. The summed E-state index contributed by atoms with van der Waals surface area (Å²) in [4.78, 5) is 0. The van der Waals surface area contributed by atoms with Gasteiger partial charge in [-0.05, 0) is 29.8 Å². The third-order valence-corrected chi connectivity index (χ3v) is 4.49. The Hall–Kier alpha value is -0.940. The van der Waals surface area contributed by atoms with E-state index in [2.05, 4.69) is 15.9 Å². The lowest BCUT2D eigenvalue weighted by Crippen LogP contribution is -2.14. The molecule has 0 spiro atoms. The van der Waals surface area contributed by atoms with Crippen LogP contribution in [0.1, 0.15) is 17.2 Å². The molecule has 0 amide bonds. The van der Waals surface area contributed by atoms with Gasteiger partial charge in [-0.1, -0.05) is 45.2 Å². The third kappa shape index (κ3) is 3.29. The second-order valence-electron chi connectivity index (χ2n) is 4.34. The van der Waals surface area contributed by atoms with Gasteiger partial charge in [0.1, 0.15) is 0 Å². The molecule has 2 N–H and O–H groups in total. The smallest absolute Gasteiger partial charge is 0.161 e. The molecular formula is C15H14BrCl2NO2. The summed E-state index contributed by atoms with van der Waals surface area (Å²) < 4.78 is 11.4. The molecule has 0 radical (unpaired) electrons. The molecule has 1 unspecified atom stereocenters. The summed E-state index contributed by atoms with van der Waals surface area (Å²) in [5.74, 6) is 1.21. The average molecular weight is 391 g/mol. The minimum Gasteiger partial charge on any atom is -0.493 e. The maximum absolute atomic E-state index is 6.34. The van der Waals surface area contributed by atoms with Crippen LogP contribution in [-0.4, -0.2) is 14.2 Å². The van der Waals surface area contributed by atoms with Crippen LogP contribution < -0.4 is 15.2 Å². The van der Waals surface area contributed by atoms with Crippen LogP contribution in [-0.2, 0) is 0 Å². The molecule has 1 atom stereocenters. The van der Waals surface area contributed by atoms with Crippen molar-refractivity contribution in [3.05, 3.63) is 56.0 Å². The number of methoxy groups -OCH3 is 2. The number of rotatable bonds is 4. The molecular weight excluding hydrogens is 377 g/mol. The van der Waals surface area contributed by atoms with Crippen molar-refractivity contribution in [2.75, 3.05) is 14.2 Å². The van der Waals surface area contributed by atoms with Crippen molar-refractivity contribution in [3.8, 4) is 11.5 Å². The zero-order valence-electron chi connectivity index (χ0n) is 11.5. The molecule has 0 aliphatic carbocycles. The second kappa shape index (κ2) is 6.88. The first kappa shape index (κ1) is 16.4. The van der Waals surface area contributed by atoms with E-state index < -0.39 is 6.04 Å². The van der Waals surface area contributed by atoms with Gasteiger partial charge in [0.15, 0.2) is 11.5 Å². The Balaban J connectivity index is 2.56. The Kier molecular flexibility index (Phi) is 5.38. The molecule has 2 rings (SSSR count). The first-order valence-corrected chi connectivity index (χ1v) is 7.65. The summed E-state index contributed by atoms with van der Waals surface area (Å²) in [7, 11) is 3.15. The standard InChI is InChI=1S/C15H14BrCl2NO2/c1-20-12-6-8(9(16)7-13(12)21-2)15(19)14-10(17)4-3-5-11(14)18/h3-7,15H,19H2,1-2H3. The van der Waals surface area contributed by atoms with Gasteiger partial charge in [-0.3, -0.25) is 0 Å². The predicted molar refractivity (Wildman–Crippen MR) is 89.7 cm³/mol. The molecule has 0 bridgehead atoms. The fraction of sp³-hybridized carbons (Fsp3) is 0.200. The first-order valence-electron chi connectivity index (χ1n) is 6.10. The number of halogens is 3. The van der Waals surface area contributed by atoms with Crippen LogP contribution in [0.5, 0.6) is 11.5 Å². The van der Waals surface area contributed by atoms with Crippen molar-refractivity contribution in [2.24, 2.45) is 5.73 Å². The van der Waals surface area contributed by atoms with E-state index in [1.807, 2.05) is 6.07 Å². The van der Waals surface area contributed by atoms with Crippen molar-refractivity contribution >= 4 is 39.1 Å². The average Bonchev–Trinajstić information content (AvgIpc) is 2.46. The van der Waals surface area contributed by atoms with E-state index >= 15 is 0 Å². The maximum Gasteiger partial charge on any atom is 0.161 e. The highest BCUT2D eigenvalue weighted by atomic mass is 79.9. The van der Waals surface area contributed by atoms with Gasteiger partial charge in [0.2, 0.25) is 0 Å². The Morgan fingerprint density at radius 3 is 2.10 bits per heavy atom. The van der Waals surface area contributed by atoms with Crippen molar-refractivity contribution in [1.29, 1.82) is 0 Å². The van der Waals surface area contributed by atoms with Gasteiger partial charge in [-0.15, -0.1) is 0 Å². The molecule has 0 aliphatic heterocycles. The van der Waals surface area contributed by atoms with Crippen LogP contribution in [0.3, 0.4) is 0 Å². The topological polar surface area (TPSA) is 44.5 Å². The number of hydrogen-bond acceptors (Lipinski definition) is 3. The molecule has 112 valence electrons. The molecule has 2 aromatic carbocycles. The zero-order chi connectivity index (χ0) is 15.6. The van der Waals surface area contributed by atoms with Crippen molar-refractivity contribution in [3.63, 3.8) is 0 Å². The molecule has 3 nitrogen and oxygen atoms in total. The highest BCUT2D eigenvalue weighted by Crippen LogP contribution is 2.40. The van der Waals surface area contributed by atoms with E-state index in [0.717, 1.165) is 10.0 Å². The van der Waals surface area contributed by atoms with E-state index in [9.17, 15) is 0 Å². The molecule has 21 heavy (non-hydrogen) atoms. The minimum atomic E-state index is -0.486. The van der Waals surface area contributed by atoms with Crippen LogP contribution in [0.4, 0.5) is 0 Å². The summed E-state index contributed by atoms with van der Waals surface area (Å²) in [6, 6.07) is 8.44. The quantitative estimate of drug-likeness (QED) is 0.813. The van der Waals surface area contributed by atoms with Crippen LogP contribution in [0, 0.1) is 0 Å². The van der Waals surface area contributed by atoms with Gasteiger partial charge >= 0.3 is 0 Å². The van der Waals surface area contributed by atoms with Gasteiger partial charge in [0.25, 0.3) is 0 Å². The second-order valence-corrected chi connectivity index (χ2v) is 6.01. The number of hydrogen-bond donors (Lipinski definition) is 1. The number of ether oxygens (including phenoxy) is 2. The molecule has 2 aromatic rings. The monoisotopic (exact) mass is 389 g/mol. The summed E-state index contributed by atoms with van der Waals surface area (Å²) in [6.07, 6.45) is 0. The van der Waals surface area contributed by atoms with Crippen LogP contribution in [0.25, 0.3) is 0 Å². The summed E-state index contributed by atoms with van der Waals surface area (Å²) in [6.45, 7) is 0. The first-order chi connectivity index (χ1) is 9.99. The van der Waals surface area contributed by atoms with Crippen LogP contribution in [0.15, 0.2) is 34.8 Å². The van der Waals surface area contributed by atoms with E-state index in [4.69, 9.17) is 38.4 Å². The van der Waals surface area contributed by atoms with Gasteiger partial charge < -0.3 is 15.2 Å². The van der Waals surface area contributed by atoms with Crippen molar-refractivity contribution < 1.29 is 9.47 Å². The molecule has 0 heterocycles. The van der Waals surface area contributed by atoms with Crippen molar-refractivity contribution in [1.82, 2.24) is 0 Å². The predicted octanol–water partition coefficient (Wildman–Crippen LogP) is 4.82. The van der Waals surface area contributed by atoms with Gasteiger partial charge in [-0.2, -0.15) is 0 Å². The fourth-order valence-corrected chi connectivity index (χ4v) is 3.27. The van der Waals surface area contributed by atoms with Gasteiger partial charge in [0.05, 0.1) is 20.3 Å². The molecule has 0 fully saturated rings. The molecule has 6 heteroatoms. The normalized spacial score (nSPS) is 12.1. The van der Waals surface area contributed by atoms with E-state index in [1.165, 1.54) is 0 Å². The van der Waals surface area contributed by atoms with Gasteiger partial charge in [-0.25, -0.2) is 0 Å². The zero-order valence-corrected chi connectivity index (χ0v) is 14.6. The van der Waals surface area contributed by atoms with Crippen LogP contribution >= 0.6 is 39.1 Å². The lowest BCUT2D eigenvalue weighted by atomic mass is 9.99. The Morgan fingerprint density at radius 1 is 1.05 bits per heavy atom. The highest BCUT2D eigenvalue weighted by Gasteiger charge is 2.20. The largest absolute Gasteiger partial charge is 0.493 e. The Morgan fingerprint density at radius 2 is 1.57 bits per heavy atom. The lowest BCUT2D eigenvalue weighted by molar-refractivity contribution is 0.354. The number of nitrogens with two attached hydrogens (primary N) is 1. The maximum atomic E-state index is 6.34. The fourth-order valence-electron chi connectivity index (χ4n) is 2.07. The highest BCUT2D eigenvalue weighted by molar-refractivity contribution is 9.10. The molecule has 0 aromatic heterocycles. The summed E-state index contributed by atoms with van der Waals surface area (Å²) in [5, 5.41) is 1.05. The Labute approximate surface area is 142 Å². The van der Waals surface area contributed by atoms with Crippen LogP contribution in [0.2, 0.25) is 10.0 Å². The van der Waals surface area contributed by atoms with E-state index in [1.54, 1.807) is 38.5 Å². The SMILES string of the molecule is COc1cc(Br)c(C(N)c2c(Cl)cccc2Cl)cc1OC.